The predicted octanol–water partition coefficient (Wildman–Crippen LogP) is 1.37. The predicted molar refractivity (Wildman–Crippen MR) is 75.9 cm³/mol. The van der Waals surface area contributed by atoms with Crippen molar-refractivity contribution in [3.8, 4) is 0 Å². The van der Waals surface area contributed by atoms with Gasteiger partial charge in [-0.1, -0.05) is 0 Å². The zero-order chi connectivity index (χ0) is 15.7. The summed E-state index contributed by atoms with van der Waals surface area (Å²) in [4.78, 5) is 35.4. The molecule has 7 heteroatoms. The average Bonchev–Trinajstić information content (AvgIpc) is 2.44. The molecule has 1 fully saturated rings. The highest BCUT2D eigenvalue weighted by Gasteiger charge is 2.23. The third-order valence-corrected chi connectivity index (χ3v) is 3.42. The van der Waals surface area contributed by atoms with Crippen LogP contribution in [0.5, 0.6) is 0 Å². The summed E-state index contributed by atoms with van der Waals surface area (Å²) in [6.07, 6.45) is 2.91. The van der Waals surface area contributed by atoms with Crippen LogP contribution >= 0.6 is 0 Å². The number of amides is 3. The lowest BCUT2D eigenvalue weighted by Gasteiger charge is -2.31. The van der Waals surface area contributed by atoms with Crippen molar-refractivity contribution in [1.29, 1.82) is 0 Å². The minimum absolute atomic E-state index is 0.0478. The number of unbranched alkanes of at least 4 members (excludes halogenated alkanes) is 1. The zero-order valence-electron chi connectivity index (χ0n) is 12.5. The molecular formula is C14H24N2O5. The summed E-state index contributed by atoms with van der Waals surface area (Å²) < 4.78 is 5.50. The third kappa shape index (κ3) is 7.08. The second-order valence-corrected chi connectivity index (χ2v) is 5.10. The van der Waals surface area contributed by atoms with E-state index in [1.54, 1.807) is 4.90 Å². The van der Waals surface area contributed by atoms with Gasteiger partial charge < -0.3 is 14.7 Å². The van der Waals surface area contributed by atoms with Gasteiger partial charge in [-0.3, -0.25) is 14.9 Å². The van der Waals surface area contributed by atoms with Crippen LogP contribution in [-0.2, 0) is 14.3 Å². The first kappa shape index (κ1) is 17.4. The molecule has 0 aliphatic carbocycles. The summed E-state index contributed by atoms with van der Waals surface area (Å²) >= 11 is 0. The largest absolute Gasteiger partial charge is 0.481 e. The lowest BCUT2D eigenvalue weighted by molar-refractivity contribution is -0.137. The highest BCUT2D eigenvalue weighted by atomic mass is 16.5. The number of rotatable bonds is 7. The number of carboxylic acids is 1. The van der Waals surface area contributed by atoms with Crippen LogP contribution in [0.3, 0.4) is 0 Å². The average molecular weight is 300 g/mol. The van der Waals surface area contributed by atoms with Gasteiger partial charge in [0.05, 0.1) is 6.10 Å². The van der Waals surface area contributed by atoms with Gasteiger partial charge in [0.2, 0.25) is 5.91 Å². The molecule has 21 heavy (non-hydrogen) atoms. The van der Waals surface area contributed by atoms with E-state index in [4.69, 9.17) is 9.84 Å². The Hall–Kier alpha value is -1.63. The van der Waals surface area contributed by atoms with Crippen LogP contribution in [-0.4, -0.2) is 53.7 Å². The Kier molecular flexibility index (Phi) is 7.74. The number of carboxylic acid groups (broad SMARTS) is 1. The van der Waals surface area contributed by atoms with E-state index in [9.17, 15) is 14.4 Å². The van der Waals surface area contributed by atoms with E-state index in [0.29, 0.717) is 32.5 Å². The molecule has 0 atom stereocenters. The van der Waals surface area contributed by atoms with Crippen LogP contribution in [0.15, 0.2) is 0 Å². The smallest absolute Gasteiger partial charge is 0.324 e. The van der Waals surface area contributed by atoms with Gasteiger partial charge in [-0.2, -0.15) is 0 Å². The molecule has 3 amide bonds. The third-order valence-electron chi connectivity index (χ3n) is 3.42. The number of piperidine rings is 1. The summed E-state index contributed by atoms with van der Waals surface area (Å²) in [6, 6.07) is -0.367. The summed E-state index contributed by atoms with van der Waals surface area (Å²) in [6.45, 7) is 3.79. The molecule has 120 valence electrons. The Morgan fingerprint density at radius 3 is 2.38 bits per heavy atom. The molecule has 0 radical (unpaired) electrons. The van der Waals surface area contributed by atoms with Crippen LogP contribution in [0.2, 0.25) is 0 Å². The first-order chi connectivity index (χ1) is 10.0. The first-order valence-electron chi connectivity index (χ1n) is 7.45. The van der Waals surface area contributed by atoms with Crippen molar-refractivity contribution in [2.24, 2.45) is 0 Å². The number of urea groups is 1. The molecule has 0 aromatic carbocycles. The molecule has 1 aliphatic heterocycles. The number of likely N-dealkylation sites (tertiary alicyclic amines) is 1. The molecule has 0 spiro atoms. The van der Waals surface area contributed by atoms with E-state index in [0.717, 1.165) is 12.8 Å². The number of carbonyl (C=O) groups is 3. The van der Waals surface area contributed by atoms with Crippen molar-refractivity contribution >= 4 is 17.9 Å². The van der Waals surface area contributed by atoms with E-state index < -0.39 is 5.97 Å². The fourth-order valence-corrected chi connectivity index (χ4v) is 2.28. The number of aliphatic carboxylic acids is 1. The first-order valence-corrected chi connectivity index (χ1v) is 7.45. The molecule has 1 aliphatic rings. The second-order valence-electron chi connectivity index (χ2n) is 5.10. The number of nitrogens with zero attached hydrogens (tertiary/aromatic N) is 1. The Labute approximate surface area is 124 Å². The van der Waals surface area contributed by atoms with E-state index >= 15 is 0 Å². The minimum atomic E-state index is -0.872. The van der Waals surface area contributed by atoms with E-state index in [-0.39, 0.29) is 30.9 Å². The van der Waals surface area contributed by atoms with Gasteiger partial charge in [-0.25, -0.2) is 4.79 Å². The second kappa shape index (κ2) is 9.33. The Morgan fingerprint density at radius 1 is 1.19 bits per heavy atom. The number of ether oxygens (including phenoxy) is 1. The number of hydrogen-bond acceptors (Lipinski definition) is 4. The highest BCUT2D eigenvalue weighted by molar-refractivity contribution is 5.94. The van der Waals surface area contributed by atoms with Crippen molar-refractivity contribution < 1.29 is 24.2 Å². The lowest BCUT2D eigenvalue weighted by atomic mass is 10.1. The maximum Gasteiger partial charge on any atom is 0.324 e. The SMILES string of the molecule is CCOC1CCN(C(=O)NC(=O)CCCCC(=O)O)CC1. The molecule has 0 saturated carbocycles. The van der Waals surface area contributed by atoms with E-state index in [1.165, 1.54) is 0 Å². The van der Waals surface area contributed by atoms with Crippen molar-refractivity contribution in [1.82, 2.24) is 10.2 Å². The van der Waals surface area contributed by atoms with Gasteiger partial charge in [0, 0.05) is 32.5 Å². The lowest BCUT2D eigenvalue weighted by Crippen LogP contribution is -2.47. The quantitative estimate of drug-likeness (QED) is 0.692. The van der Waals surface area contributed by atoms with Gasteiger partial charge >= 0.3 is 12.0 Å². The minimum Gasteiger partial charge on any atom is -0.481 e. The monoisotopic (exact) mass is 300 g/mol. The molecule has 0 aromatic rings. The Bertz CT molecular complexity index is 364. The number of carbonyl (C=O) groups excluding carboxylic acids is 2. The molecule has 2 N–H and O–H groups in total. The molecule has 0 bridgehead atoms. The fourth-order valence-electron chi connectivity index (χ4n) is 2.28. The molecule has 1 saturated heterocycles. The van der Waals surface area contributed by atoms with Crippen LogP contribution in [0.25, 0.3) is 0 Å². The van der Waals surface area contributed by atoms with Gasteiger partial charge in [-0.15, -0.1) is 0 Å². The normalized spacial score (nSPS) is 15.8. The summed E-state index contributed by atoms with van der Waals surface area (Å²) in [5, 5.41) is 10.8. The maximum absolute atomic E-state index is 11.9. The maximum atomic E-state index is 11.9. The molecular weight excluding hydrogens is 276 g/mol. The van der Waals surface area contributed by atoms with Crippen LogP contribution in [0.4, 0.5) is 4.79 Å². The number of hydrogen-bond donors (Lipinski definition) is 2. The Balaban J connectivity index is 2.18. The molecule has 7 nitrogen and oxygen atoms in total. The van der Waals surface area contributed by atoms with Gasteiger partial charge in [-0.05, 0) is 32.6 Å². The molecule has 1 heterocycles. The van der Waals surface area contributed by atoms with Gasteiger partial charge in [0.1, 0.15) is 0 Å². The van der Waals surface area contributed by atoms with Crippen molar-refractivity contribution in [3.05, 3.63) is 0 Å². The standard InChI is InChI=1S/C14H24N2O5/c1-2-21-11-7-9-16(10-8-11)14(20)15-12(17)5-3-4-6-13(18)19/h11H,2-10H2,1H3,(H,18,19)(H,15,17,20). The topological polar surface area (TPSA) is 95.9 Å². The summed E-state index contributed by atoms with van der Waals surface area (Å²) in [7, 11) is 0. The van der Waals surface area contributed by atoms with Crippen LogP contribution in [0, 0.1) is 0 Å². The van der Waals surface area contributed by atoms with Crippen molar-refractivity contribution in [2.45, 2.75) is 51.6 Å². The number of nitrogens with one attached hydrogen (secondary N) is 1. The molecule has 0 aromatic heterocycles. The van der Waals surface area contributed by atoms with E-state index in [2.05, 4.69) is 5.32 Å². The fraction of sp³-hybridized carbons (Fsp3) is 0.786. The Morgan fingerprint density at radius 2 is 1.81 bits per heavy atom. The number of imide groups is 1. The van der Waals surface area contributed by atoms with Crippen LogP contribution < -0.4 is 5.32 Å². The van der Waals surface area contributed by atoms with E-state index in [1.807, 2.05) is 6.92 Å². The van der Waals surface area contributed by atoms with Crippen LogP contribution in [0.1, 0.15) is 45.4 Å². The highest BCUT2D eigenvalue weighted by Crippen LogP contribution is 2.13. The van der Waals surface area contributed by atoms with Gasteiger partial charge in [0.25, 0.3) is 0 Å². The van der Waals surface area contributed by atoms with Crippen molar-refractivity contribution in [3.63, 3.8) is 0 Å². The molecule has 1 rings (SSSR count). The summed E-state index contributed by atoms with van der Waals surface area (Å²) in [5.74, 6) is -1.22. The van der Waals surface area contributed by atoms with Gasteiger partial charge in [0.15, 0.2) is 0 Å². The molecule has 0 unspecified atom stereocenters. The zero-order valence-corrected chi connectivity index (χ0v) is 12.5. The van der Waals surface area contributed by atoms with Crippen molar-refractivity contribution in [2.75, 3.05) is 19.7 Å². The summed E-state index contributed by atoms with van der Waals surface area (Å²) in [5.41, 5.74) is 0.